The van der Waals surface area contributed by atoms with E-state index < -0.39 is 5.97 Å². The molecule has 0 unspecified atom stereocenters. The Labute approximate surface area is 71.8 Å². The zero-order valence-electron chi connectivity index (χ0n) is 5.56. The first-order valence-electron chi connectivity index (χ1n) is 2.90. The van der Waals surface area contributed by atoms with Crippen LogP contribution in [0.3, 0.4) is 0 Å². The van der Waals surface area contributed by atoms with Crippen LogP contribution in [0, 0.1) is 0 Å². The molecule has 0 bridgehead atoms. The van der Waals surface area contributed by atoms with E-state index in [0.29, 0.717) is 5.75 Å². The van der Waals surface area contributed by atoms with Gasteiger partial charge in [-0.2, -0.15) is 0 Å². The van der Waals surface area contributed by atoms with Crippen LogP contribution in [0.5, 0.6) is 0 Å². The molecule has 0 amide bonds. The molecule has 4 nitrogen and oxygen atoms in total. The fourth-order valence-corrected chi connectivity index (χ4v) is 1.82. The second-order valence-electron chi connectivity index (χ2n) is 1.74. The van der Waals surface area contributed by atoms with Crippen LogP contribution in [0.4, 0.5) is 0 Å². The van der Waals surface area contributed by atoms with Gasteiger partial charge in [0.1, 0.15) is 5.03 Å². The minimum atomic E-state index is -0.777. The zero-order chi connectivity index (χ0) is 8.10. The quantitative estimate of drug-likeness (QED) is 0.720. The lowest BCUT2D eigenvalue weighted by molar-refractivity contribution is -0.136. The molecule has 0 atom stereocenters. The normalized spacial score (nSPS) is 9.82. The topological polar surface area (TPSA) is 63.1 Å². The molecule has 60 valence electrons. The van der Waals surface area contributed by atoms with Gasteiger partial charge < -0.3 is 5.11 Å². The molecule has 11 heavy (non-hydrogen) atoms. The maximum atomic E-state index is 10.1. The van der Waals surface area contributed by atoms with Crippen LogP contribution in [0.25, 0.3) is 0 Å². The van der Waals surface area contributed by atoms with E-state index in [2.05, 4.69) is 9.59 Å². The Morgan fingerprint density at radius 2 is 2.64 bits per heavy atom. The van der Waals surface area contributed by atoms with E-state index >= 15 is 0 Å². The number of thioether (sulfide) groups is 1. The van der Waals surface area contributed by atoms with E-state index in [1.54, 1.807) is 5.38 Å². The van der Waals surface area contributed by atoms with Crippen LogP contribution >= 0.6 is 23.3 Å². The molecule has 0 saturated heterocycles. The summed E-state index contributed by atoms with van der Waals surface area (Å²) >= 11 is 2.68. The van der Waals surface area contributed by atoms with Crippen molar-refractivity contribution in [1.29, 1.82) is 0 Å². The maximum Gasteiger partial charge on any atom is 0.304 e. The van der Waals surface area contributed by atoms with Crippen molar-refractivity contribution in [3.05, 3.63) is 5.38 Å². The molecular formula is C5H6N2O2S2. The van der Waals surface area contributed by atoms with Gasteiger partial charge in [-0.25, -0.2) is 0 Å². The van der Waals surface area contributed by atoms with Crippen molar-refractivity contribution in [2.45, 2.75) is 11.4 Å². The monoisotopic (exact) mass is 190 g/mol. The van der Waals surface area contributed by atoms with Crippen LogP contribution in [-0.2, 0) is 4.79 Å². The highest BCUT2D eigenvalue weighted by Crippen LogP contribution is 2.15. The van der Waals surface area contributed by atoms with Gasteiger partial charge in [0, 0.05) is 11.1 Å². The van der Waals surface area contributed by atoms with Gasteiger partial charge in [-0.1, -0.05) is 4.49 Å². The van der Waals surface area contributed by atoms with Crippen LogP contribution in [-0.4, -0.2) is 26.4 Å². The van der Waals surface area contributed by atoms with Crippen LogP contribution in [0.2, 0.25) is 0 Å². The summed E-state index contributed by atoms with van der Waals surface area (Å²) in [6.45, 7) is 0. The summed E-state index contributed by atoms with van der Waals surface area (Å²) in [6, 6.07) is 0. The van der Waals surface area contributed by atoms with Crippen molar-refractivity contribution in [3.8, 4) is 0 Å². The van der Waals surface area contributed by atoms with Gasteiger partial charge in [-0.05, 0) is 11.5 Å². The molecule has 1 N–H and O–H groups in total. The molecule has 0 spiro atoms. The number of carboxylic acids is 1. The molecule has 0 aliphatic rings. The number of aliphatic carboxylic acids is 1. The van der Waals surface area contributed by atoms with Crippen molar-refractivity contribution in [2.75, 3.05) is 5.75 Å². The molecule has 1 rings (SSSR count). The Morgan fingerprint density at radius 3 is 3.18 bits per heavy atom. The first-order valence-corrected chi connectivity index (χ1v) is 4.73. The molecule has 0 saturated carbocycles. The van der Waals surface area contributed by atoms with E-state index in [1.165, 1.54) is 23.3 Å². The van der Waals surface area contributed by atoms with E-state index in [1.807, 2.05) is 0 Å². The lowest BCUT2D eigenvalue weighted by Gasteiger charge is -1.90. The molecule has 0 aromatic carbocycles. The first-order chi connectivity index (χ1) is 5.29. The van der Waals surface area contributed by atoms with Gasteiger partial charge in [-0.15, -0.1) is 16.9 Å². The number of nitrogens with zero attached hydrogens (tertiary/aromatic N) is 2. The molecule has 6 heteroatoms. The minimum absolute atomic E-state index is 0.169. The smallest absolute Gasteiger partial charge is 0.304 e. The number of aromatic nitrogens is 2. The zero-order valence-corrected chi connectivity index (χ0v) is 7.19. The molecule has 0 radical (unpaired) electrons. The molecule has 1 heterocycles. The summed E-state index contributed by atoms with van der Waals surface area (Å²) in [5.74, 6) is -0.221. The van der Waals surface area contributed by atoms with Crippen LogP contribution < -0.4 is 0 Å². The molecular weight excluding hydrogens is 184 g/mol. The Balaban J connectivity index is 2.19. The Bertz CT molecular complexity index is 224. The Kier molecular flexibility index (Phi) is 3.31. The third-order valence-electron chi connectivity index (χ3n) is 0.906. The summed E-state index contributed by atoms with van der Waals surface area (Å²) in [4.78, 5) is 10.1. The van der Waals surface area contributed by atoms with E-state index in [0.717, 1.165) is 5.03 Å². The highest BCUT2D eigenvalue weighted by molar-refractivity contribution is 7.99. The SMILES string of the molecule is O=C(O)CCSc1csnn1. The van der Waals surface area contributed by atoms with Crippen molar-refractivity contribution in [3.63, 3.8) is 0 Å². The lowest BCUT2D eigenvalue weighted by Crippen LogP contribution is -1.95. The van der Waals surface area contributed by atoms with Gasteiger partial charge in [0.25, 0.3) is 0 Å². The molecule has 0 aliphatic heterocycles. The molecule has 0 fully saturated rings. The van der Waals surface area contributed by atoms with Crippen LogP contribution in [0.15, 0.2) is 10.4 Å². The Morgan fingerprint density at radius 1 is 1.82 bits per heavy atom. The van der Waals surface area contributed by atoms with E-state index in [4.69, 9.17) is 5.11 Å². The van der Waals surface area contributed by atoms with Crippen LogP contribution in [0.1, 0.15) is 6.42 Å². The van der Waals surface area contributed by atoms with Crippen molar-refractivity contribution < 1.29 is 9.90 Å². The second-order valence-corrected chi connectivity index (χ2v) is 3.46. The van der Waals surface area contributed by atoms with E-state index in [-0.39, 0.29) is 6.42 Å². The van der Waals surface area contributed by atoms with Crippen molar-refractivity contribution >= 4 is 29.3 Å². The Hall–Kier alpha value is -0.620. The fourth-order valence-electron chi connectivity index (χ4n) is 0.462. The summed E-state index contributed by atoms with van der Waals surface area (Å²) < 4.78 is 3.64. The van der Waals surface area contributed by atoms with Gasteiger partial charge in [0.05, 0.1) is 6.42 Å². The third kappa shape index (κ3) is 3.33. The molecule has 1 aromatic rings. The lowest BCUT2D eigenvalue weighted by atomic mass is 10.5. The minimum Gasteiger partial charge on any atom is -0.481 e. The fraction of sp³-hybridized carbons (Fsp3) is 0.400. The average Bonchev–Trinajstić information content (AvgIpc) is 2.39. The number of carbonyl (C=O) groups is 1. The third-order valence-corrected chi connectivity index (χ3v) is 2.46. The van der Waals surface area contributed by atoms with Gasteiger partial charge in [0.15, 0.2) is 0 Å². The standard InChI is InChI=1S/C5H6N2O2S2/c8-5(9)1-2-10-4-3-11-7-6-4/h3H,1-2H2,(H,8,9). The van der Waals surface area contributed by atoms with Gasteiger partial charge >= 0.3 is 5.97 Å². The largest absolute Gasteiger partial charge is 0.481 e. The molecule has 1 aromatic heterocycles. The van der Waals surface area contributed by atoms with E-state index in [9.17, 15) is 4.79 Å². The second kappa shape index (κ2) is 4.30. The number of rotatable bonds is 4. The number of hydrogen-bond acceptors (Lipinski definition) is 5. The maximum absolute atomic E-state index is 10.1. The van der Waals surface area contributed by atoms with Crippen molar-refractivity contribution in [1.82, 2.24) is 9.59 Å². The summed E-state index contributed by atoms with van der Waals surface area (Å²) in [5.41, 5.74) is 0. The molecule has 0 aliphatic carbocycles. The predicted molar refractivity (Wildman–Crippen MR) is 42.9 cm³/mol. The highest BCUT2D eigenvalue weighted by atomic mass is 32.2. The summed E-state index contributed by atoms with van der Waals surface area (Å²) in [5, 5.41) is 14.6. The summed E-state index contributed by atoms with van der Waals surface area (Å²) in [7, 11) is 0. The number of carboxylic acid groups (broad SMARTS) is 1. The first kappa shape index (κ1) is 8.48. The highest BCUT2D eigenvalue weighted by Gasteiger charge is 1.99. The van der Waals surface area contributed by atoms with Crippen molar-refractivity contribution in [2.24, 2.45) is 0 Å². The number of hydrogen-bond donors (Lipinski definition) is 1. The average molecular weight is 190 g/mol. The predicted octanol–water partition coefficient (Wildman–Crippen LogP) is 1.10. The summed E-state index contributed by atoms with van der Waals surface area (Å²) in [6.07, 6.45) is 0.169. The van der Waals surface area contributed by atoms with Gasteiger partial charge in [0.2, 0.25) is 0 Å². The van der Waals surface area contributed by atoms with Gasteiger partial charge in [-0.3, -0.25) is 4.79 Å².